The van der Waals surface area contributed by atoms with Crippen LogP contribution in [-0.4, -0.2) is 38.6 Å². The predicted molar refractivity (Wildman–Crippen MR) is 97.2 cm³/mol. The van der Waals surface area contributed by atoms with Crippen molar-refractivity contribution in [2.75, 3.05) is 13.2 Å². The maximum absolute atomic E-state index is 11.0. The third-order valence-electron chi connectivity index (χ3n) is 6.12. The Labute approximate surface area is 143 Å². The third-order valence-corrected chi connectivity index (χ3v) is 6.12. The topological polar surface area (TPSA) is 38.7 Å². The molecule has 134 valence electrons. The number of aliphatic hydroxyl groups is 1. The molecule has 1 aliphatic heterocycles. The van der Waals surface area contributed by atoms with E-state index in [1.807, 2.05) is 0 Å². The van der Waals surface area contributed by atoms with Crippen LogP contribution in [0.1, 0.15) is 54.4 Å². The highest BCUT2D eigenvalue weighted by atomic mass is 16.7. The molecule has 0 amide bonds. The van der Waals surface area contributed by atoms with Gasteiger partial charge in [0.15, 0.2) is 6.29 Å². The smallest absolute Gasteiger partial charge is 0.160 e. The lowest BCUT2D eigenvalue weighted by Gasteiger charge is -2.51. The van der Waals surface area contributed by atoms with Crippen LogP contribution < -0.4 is 0 Å². The molecule has 1 heterocycles. The first-order valence-corrected chi connectivity index (χ1v) is 9.45. The Balaban J connectivity index is 2.14. The molecule has 2 rings (SSSR count). The summed E-state index contributed by atoms with van der Waals surface area (Å²) in [5.74, 6) is 1.52. The van der Waals surface area contributed by atoms with Gasteiger partial charge in [-0.25, -0.2) is 0 Å². The monoisotopic (exact) mass is 324 g/mol. The van der Waals surface area contributed by atoms with Crippen LogP contribution in [0.15, 0.2) is 0 Å². The van der Waals surface area contributed by atoms with Gasteiger partial charge >= 0.3 is 0 Å². The Morgan fingerprint density at radius 3 is 1.70 bits per heavy atom. The van der Waals surface area contributed by atoms with Crippen LogP contribution in [0.25, 0.3) is 0 Å². The molecule has 0 radical (unpaired) electrons. The van der Waals surface area contributed by atoms with E-state index in [0.717, 1.165) is 32.4 Å². The molecular weight excluding hydrogens is 287 g/mol. The Hall–Kier alpha value is -0.0551. The summed E-state index contributed by atoms with van der Waals surface area (Å²) >= 11 is 0. The summed E-state index contributed by atoms with van der Waals surface area (Å²) in [5.41, 5.74) is 0.199. The predicted octanol–water partition coefficient (Wildman–Crippen LogP) is 3.12. The molecular formula is C19H37BO3. The first-order chi connectivity index (χ1) is 10.5. The van der Waals surface area contributed by atoms with E-state index in [0.29, 0.717) is 23.7 Å². The van der Waals surface area contributed by atoms with Crippen LogP contribution in [0.5, 0.6) is 0 Å². The molecule has 1 aliphatic carbocycles. The van der Waals surface area contributed by atoms with E-state index in [1.54, 1.807) is 0 Å². The molecule has 4 heteroatoms. The lowest BCUT2D eigenvalue weighted by atomic mass is 9.58. The van der Waals surface area contributed by atoms with Gasteiger partial charge in [0.1, 0.15) is 7.85 Å². The maximum atomic E-state index is 11.0. The summed E-state index contributed by atoms with van der Waals surface area (Å²) in [6, 6.07) is 0. The summed E-state index contributed by atoms with van der Waals surface area (Å²) < 4.78 is 12.1. The second-order valence-corrected chi connectivity index (χ2v) is 9.98. The van der Waals surface area contributed by atoms with Gasteiger partial charge < -0.3 is 14.6 Å². The summed E-state index contributed by atoms with van der Waals surface area (Å²) in [5, 5.41) is 11.0. The Kier molecular flexibility index (Phi) is 5.91. The summed E-state index contributed by atoms with van der Waals surface area (Å²) in [6.45, 7) is 15.1. The third kappa shape index (κ3) is 4.52. The lowest BCUT2D eigenvalue weighted by Crippen LogP contribution is -2.51. The van der Waals surface area contributed by atoms with Crippen LogP contribution in [-0.2, 0) is 9.47 Å². The normalized spacial score (nSPS) is 40.1. The van der Waals surface area contributed by atoms with Gasteiger partial charge in [-0.1, -0.05) is 47.9 Å². The van der Waals surface area contributed by atoms with E-state index in [2.05, 4.69) is 49.4 Å². The average Bonchev–Trinajstić information content (AvgIpc) is 2.45. The average molecular weight is 324 g/mol. The molecule has 0 aromatic heterocycles. The van der Waals surface area contributed by atoms with Gasteiger partial charge in [0.2, 0.25) is 0 Å². The van der Waals surface area contributed by atoms with Gasteiger partial charge in [0.05, 0.1) is 19.3 Å². The van der Waals surface area contributed by atoms with Crippen molar-refractivity contribution in [1.82, 2.24) is 0 Å². The largest absolute Gasteiger partial charge is 0.393 e. The van der Waals surface area contributed by atoms with Crippen molar-refractivity contribution in [1.29, 1.82) is 0 Å². The zero-order valence-corrected chi connectivity index (χ0v) is 16.3. The van der Waals surface area contributed by atoms with Gasteiger partial charge in [0.25, 0.3) is 0 Å². The zero-order valence-electron chi connectivity index (χ0n) is 16.3. The summed E-state index contributed by atoms with van der Waals surface area (Å²) in [6.07, 6.45) is 2.79. The van der Waals surface area contributed by atoms with E-state index in [9.17, 15) is 5.11 Å². The quantitative estimate of drug-likeness (QED) is 0.793. The standard InChI is InChI=1S/C19H37BO3/c1-18(2,3)14-7-13(8-15(16(14)21)19(4,5)6)17-22-10-12(9-20)11-23-17/h12-17,21H,7-11,20H2,1-6H3. The highest BCUT2D eigenvalue weighted by Gasteiger charge is 2.48. The van der Waals surface area contributed by atoms with Crippen LogP contribution in [0.4, 0.5) is 0 Å². The van der Waals surface area contributed by atoms with E-state index < -0.39 is 0 Å². The van der Waals surface area contributed by atoms with Gasteiger partial charge in [0, 0.05) is 5.92 Å². The molecule has 1 saturated heterocycles. The first-order valence-electron chi connectivity index (χ1n) is 9.45. The van der Waals surface area contributed by atoms with Crippen molar-refractivity contribution in [2.45, 2.75) is 73.1 Å². The molecule has 0 bridgehead atoms. The number of hydrogen-bond donors (Lipinski definition) is 1. The highest BCUT2D eigenvalue weighted by molar-refractivity contribution is 6.08. The molecule has 1 N–H and O–H groups in total. The van der Waals surface area contributed by atoms with Crippen molar-refractivity contribution in [2.24, 2.45) is 34.5 Å². The van der Waals surface area contributed by atoms with E-state index >= 15 is 0 Å². The van der Waals surface area contributed by atoms with Gasteiger partial charge in [-0.05, 0) is 41.4 Å². The number of aliphatic hydroxyl groups excluding tert-OH is 1. The fourth-order valence-electron chi connectivity index (χ4n) is 4.33. The fourth-order valence-corrected chi connectivity index (χ4v) is 4.33. The molecule has 0 aromatic rings. The molecule has 2 atom stereocenters. The maximum Gasteiger partial charge on any atom is 0.160 e. The van der Waals surface area contributed by atoms with Crippen molar-refractivity contribution in [3.8, 4) is 0 Å². The van der Waals surface area contributed by atoms with Crippen LogP contribution in [0.2, 0.25) is 6.32 Å². The first kappa shape index (κ1) is 19.3. The van der Waals surface area contributed by atoms with Gasteiger partial charge in [-0.15, -0.1) is 0 Å². The molecule has 2 unspecified atom stereocenters. The minimum Gasteiger partial charge on any atom is -0.393 e. The lowest BCUT2D eigenvalue weighted by molar-refractivity contribution is -0.240. The number of ether oxygens (including phenoxy) is 2. The molecule has 0 aromatic carbocycles. The Morgan fingerprint density at radius 1 is 0.913 bits per heavy atom. The number of rotatable bonds is 2. The summed E-state index contributed by atoms with van der Waals surface area (Å²) in [4.78, 5) is 0. The fraction of sp³-hybridized carbons (Fsp3) is 1.00. The van der Waals surface area contributed by atoms with Crippen molar-refractivity contribution >= 4 is 7.85 Å². The van der Waals surface area contributed by atoms with Crippen LogP contribution in [0.3, 0.4) is 0 Å². The van der Waals surface area contributed by atoms with Crippen molar-refractivity contribution < 1.29 is 14.6 Å². The Bertz CT molecular complexity index is 353. The minimum absolute atomic E-state index is 0.0833. The molecule has 2 aliphatic rings. The van der Waals surface area contributed by atoms with E-state index in [-0.39, 0.29) is 23.2 Å². The molecule has 1 saturated carbocycles. The minimum atomic E-state index is -0.238. The van der Waals surface area contributed by atoms with Gasteiger partial charge in [-0.2, -0.15) is 0 Å². The van der Waals surface area contributed by atoms with Gasteiger partial charge in [-0.3, -0.25) is 0 Å². The SMILES string of the molecule is BCC1COC(C2CC(C(C)(C)C)C(O)C(C(C)(C)C)C2)OC1. The molecule has 23 heavy (non-hydrogen) atoms. The zero-order chi connectivity index (χ0) is 17.4. The van der Waals surface area contributed by atoms with Crippen molar-refractivity contribution in [3.05, 3.63) is 0 Å². The second-order valence-electron chi connectivity index (χ2n) is 9.98. The molecule has 3 nitrogen and oxygen atoms in total. The van der Waals surface area contributed by atoms with E-state index in [4.69, 9.17) is 9.47 Å². The second kappa shape index (κ2) is 7.05. The number of hydrogen-bond acceptors (Lipinski definition) is 3. The highest BCUT2D eigenvalue weighted by Crippen LogP contribution is 2.49. The van der Waals surface area contributed by atoms with E-state index in [1.165, 1.54) is 0 Å². The van der Waals surface area contributed by atoms with Crippen LogP contribution >= 0.6 is 0 Å². The molecule has 0 spiro atoms. The summed E-state index contributed by atoms with van der Waals surface area (Å²) in [7, 11) is 2.19. The Morgan fingerprint density at radius 2 is 1.35 bits per heavy atom. The molecule has 2 fully saturated rings. The van der Waals surface area contributed by atoms with Crippen LogP contribution in [0, 0.1) is 34.5 Å². The van der Waals surface area contributed by atoms with Crippen molar-refractivity contribution in [3.63, 3.8) is 0 Å².